The Kier molecular flexibility index (Phi) is 4.79. The number of nitrogens with two attached hydrogens (primary N) is 1. The summed E-state index contributed by atoms with van der Waals surface area (Å²) in [5.41, 5.74) is 9.79. The number of benzene rings is 1. The van der Waals surface area contributed by atoms with Crippen molar-refractivity contribution in [2.45, 2.75) is 52.2 Å². The van der Waals surface area contributed by atoms with E-state index in [0.717, 1.165) is 13.2 Å². The molecule has 0 heterocycles. The molecule has 2 heteroatoms. The lowest BCUT2D eigenvalue weighted by Gasteiger charge is -2.30. The van der Waals surface area contributed by atoms with E-state index in [1.165, 1.54) is 42.4 Å². The van der Waals surface area contributed by atoms with Crippen LogP contribution in [0.4, 0.5) is 0 Å². The van der Waals surface area contributed by atoms with Crippen LogP contribution in [0.25, 0.3) is 0 Å². The number of rotatable bonds is 4. The Balaban J connectivity index is 1.91. The van der Waals surface area contributed by atoms with Crippen LogP contribution in [0.5, 0.6) is 0 Å². The molecule has 2 unspecified atom stereocenters. The molecule has 1 aromatic rings. The van der Waals surface area contributed by atoms with E-state index in [1.807, 2.05) is 0 Å². The van der Waals surface area contributed by atoms with Gasteiger partial charge in [0, 0.05) is 0 Å². The molecule has 0 radical (unpaired) electrons. The first-order chi connectivity index (χ1) is 8.70. The van der Waals surface area contributed by atoms with Crippen LogP contribution in [-0.4, -0.2) is 12.6 Å². The van der Waals surface area contributed by atoms with Gasteiger partial charge in [0.1, 0.15) is 0 Å². The van der Waals surface area contributed by atoms with Crippen molar-refractivity contribution >= 4 is 0 Å². The third-order valence-corrected chi connectivity index (χ3v) is 4.18. The predicted octanol–water partition coefficient (Wildman–Crippen LogP) is 3.34. The van der Waals surface area contributed by atoms with Gasteiger partial charge in [-0.25, -0.2) is 0 Å². The van der Waals surface area contributed by atoms with E-state index >= 15 is 0 Å². The van der Waals surface area contributed by atoms with Crippen molar-refractivity contribution in [3.63, 3.8) is 0 Å². The highest BCUT2D eigenvalue weighted by atomic mass is 16.5. The van der Waals surface area contributed by atoms with Gasteiger partial charge in [-0.15, -0.1) is 0 Å². The van der Waals surface area contributed by atoms with Crippen LogP contribution in [0.2, 0.25) is 0 Å². The molecular formula is C16H25NO. The first-order valence-electron chi connectivity index (χ1n) is 7.08. The third kappa shape index (κ3) is 3.33. The van der Waals surface area contributed by atoms with E-state index in [-0.39, 0.29) is 0 Å². The first kappa shape index (κ1) is 13.6. The lowest BCUT2D eigenvalue weighted by atomic mass is 9.86. The van der Waals surface area contributed by atoms with E-state index in [9.17, 15) is 0 Å². The third-order valence-electron chi connectivity index (χ3n) is 4.18. The molecule has 1 fully saturated rings. The van der Waals surface area contributed by atoms with Gasteiger partial charge in [-0.2, -0.15) is 0 Å². The topological polar surface area (TPSA) is 35.2 Å². The molecule has 1 saturated carbocycles. The Hall–Kier alpha value is -0.860. The van der Waals surface area contributed by atoms with Gasteiger partial charge in [-0.3, -0.25) is 0 Å². The van der Waals surface area contributed by atoms with Crippen molar-refractivity contribution in [1.82, 2.24) is 0 Å². The van der Waals surface area contributed by atoms with Gasteiger partial charge >= 0.3 is 0 Å². The Morgan fingerprint density at radius 3 is 2.67 bits per heavy atom. The van der Waals surface area contributed by atoms with E-state index in [1.54, 1.807) is 0 Å². The molecule has 0 aromatic heterocycles. The summed E-state index contributed by atoms with van der Waals surface area (Å²) >= 11 is 0. The summed E-state index contributed by atoms with van der Waals surface area (Å²) in [5, 5.41) is 0. The van der Waals surface area contributed by atoms with Gasteiger partial charge in [0.05, 0.1) is 12.7 Å². The van der Waals surface area contributed by atoms with Gasteiger partial charge in [0.25, 0.3) is 0 Å². The lowest BCUT2D eigenvalue weighted by molar-refractivity contribution is -0.0183. The Morgan fingerprint density at radius 1 is 1.17 bits per heavy atom. The molecule has 0 saturated heterocycles. The predicted molar refractivity (Wildman–Crippen MR) is 75.5 cm³/mol. The molecule has 0 spiro atoms. The molecule has 100 valence electrons. The van der Waals surface area contributed by atoms with Crippen molar-refractivity contribution in [2.75, 3.05) is 6.54 Å². The molecule has 0 bridgehead atoms. The number of hydrogen-bond donors (Lipinski definition) is 1. The quantitative estimate of drug-likeness (QED) is 0.885. The molecule has 18 heavy (non-hydrogen) atoms. The van der Waals surface area contributed by atoms with Crippen LogP contribution in [0.15, 0.2) is 18.2 Å². The molecule has 0 amide bonds. The molecular weight excluding hydrogens is 222 g/mol. The van der Waals surface area contributed by atoms with Crippen molar-refractivity contribution in [3.05, 3.63) is 34.9 Å². The maximum atomic E-state index is 6.09. The number of aryl methyl sites for hydroxylation is 2. The van der Waals surface area contributed by atoms with Crippen molar-refractivity contribution in [1.29, 1.82) is 0 Å². The first-order valence-corrected chi connectivity index (χ1v) is 7.08. The van der Waals surface area contributed by atoms with Crippen molar-refractivity contribution in [2.24, 2.45) is 11.7 Å². The molecule has 1 aliphatic rings. The zero-order chi connectivity index (χ0) is 13.0. The highest BCUT2D eigenvalue weighted by molar-refractivity contribution is 5.29. The van der Waals surface area contributed by atoms with E-state index in [0.29, 0.717) is 12.0 Å². The second-order valence-corrected chi connectivity index (χ2v) is 5.55. The zero-order valence-electron chi connectivity index (χ0n) is 11.6. The SMILES string of the molecule is Cc1ccc(COC2CCCCC2CN)cc1C. The zero-order valence-corrected chi connectivity index (χ0v) is 11.6. The molecule has 2 atom stereocenters. The summed E-state index contributed by atoms with van der Waals surface area (Å²) in [7, 11) is 0. The largest absolute Gasteiger partial charge is 0.373 e. The monoisotopic (exact) mass is 247 g/mol. The Labute approximate surface area is 111 Å². The smallest absolute Gasteiger partial charge is 0.0720 e. The summed E-state index contributed by atoms with van der Waals surface area (Å²) in [5.74, 6) is 0.560. The van der Waals surface area contributed by atoms with Gasteiger partial charge in [0.2, 0.25) is 0 Å². The summed E-state index contributed by atoms with van der Waals surface area (Å²) in [6, 6.07) is 6.58. The van der Waals surface area contributed by atoms with E-state index in [4.69, 9.17) is 10.5 Å². The van der Waals surface area contributed by atoms with Crippen LogP contribution in [-0.2, 0) is 11.3 Å². The second kappa shape index (κ2) is 6.35. The maximum Gasteiger partial charge on any atom is 0.0720 e. The highest BCUT2D eigenvalue weighted by Crippen LogP contribution is 2.27. The van der Waals surface area contributed by atoms with Gasteiger partial charge in [0.15, 0.2) is 0 Å². The summed E-state index contributed by atoms with van der Waals surface area (Å²) in [4.78, 5) is 0. The molecule has 0 aliphatic heterocycles. The van der Waals surface area contributed by atoms with Crippen LogP contribution in [0.3, 0.4) is 0 Å². The van der Waals surface area contributed by atoms with E-state index in [2.05, 4.69) is 32.0 Å². The molecule has 2 nitrogen and oxygen atoms in total. The summed E-state index contributed by atoms with van der Waals surface area (Å²) in [6.07, 6.45) is 5.37. The minimum absolute atomic E-state index is 0.366. The molecule has 1 aromatic carbocycles. The fourth-order valence-corrected chi connectivity index (χ4v) is 2.76. The Bertz CT molecular complexity index is 389. The van der Waals surface area contributed by atoms with Crippen molar-refractivity contribution < 1.29 is 4.74 Å². The molecule has 1 aliphatic carbocycles. The minimum Gasteiger partial charge on any atom is -0.373 e. The van der Waals surface area contributed by atoms with Gasteiger partial charge in [-0.1, -0.05) is 31.0 Å². The fourth-order valence-electron chi connectivity index (χ4n) is 2.76. The lowest BCUT2D eigenvalue weighted by Crippen LogP contribution is -2.33. The second-order valence-electron chi connectivity index (χ2n) is 5.55. The summed E-state index contributed by atoms with van der Waals surface area (Å²) < 4.78 is 6.09. The maximum absolute atomic E-state index is 6.09. The van der Waals surface area contributed by atoms with Gasteiger partial charge in [-0.05, 0) is 55.8 Å². The summed E-state index contributed by atoms with van der Waals surface area (Å²) in [6.45, 7) is 5.79. The van der Waals surface area contributed by atoms with Crippen LogP contribution >= 0.6 is 0 Å². The Morgan fingerprint density at radius 2 is 1.94 bits per heavy atom. The highest BCUT2D eigenvalue weighted by Gasteiger charge is 2.24. The minimum atomic E-state index is 0.366. The number of ether oxygens (including phenoxy) is 1. The van der Waals surface area contributed by atoms with Crippen LogP contribution < -0.4 is 5.73 Å². The van der Waals surface area contributed by atoms with Gasteiger partial charge < -0.3 is 10.5 Å². The number of hydrogen-bond acceptors (Lipinski definition) is 2. The standard InChI is InChI=1S/C16H25NO/c1-12-7-8-14(9-13(12)2)11-18-16-6-4-3-5-15(16)10-17/h7-9,15-16H,3-6,10-11,17H2,1-2H3. The fraction of sp³-hybridized carbons (Fsp3) is 0.625. The average molecular weight is 247 g/mol. The van der Waals surface area contributed by atoms with Crippen LogP contribution in [0.1, 0.15) is 42.4 Å². The van der Waals surface area contributed by atoms with Crippen molar-refractivity contribution in [3.8, 4) is 0 Å². The average Bonchev–Trinajstić information content (AvgIpc) is 2.40. The van der Waals surface area contributed by atoms with E-state index < -0.39 is 0 Å². The van der Waals surface area contributed by atoms with Crippen LogP contribution in [0, 0.1) is 19.8 Å². The molecule has 2 N–H and O–H groups in total. The normalized spacial score (nSPS) is 24.2. The molecule has 2 rings (SSSR count).